The standard InChI is InChI=1S/C16H16N4O3S2/c17-25(21,22)15-8-6-14(7-9-15)23-10-11-24-16-19-18-12-20(16)13-4-2-1-3-5-13/h1-9,12H,10-11H2,(H2,17,21,22). The van der Waals surface area contributed by atoms with Gasteiger partial charge in [-0.15, -0.1) is 10.2 Å². The molecule has 0 aliphatic heterocycles. The predicted octanol–water partition coefficient (Wildman–Crippen LogP) is 2.09. The Hall–Kier alpha value is -2.36. The van der Waals surface area contributed by atoms with E-state index in [1.54, 1.807) is 18.5 Å². The Morgan fingerprint density at radius 3 is 2.48 bits per heavy atom. The molecule has 25 heavy (non-hydrogen) atoms. The van der Waals surface area contributed by atoms with E-state index in [0.29, 0.717) is 18.1 Å². The van der Waals surface area contributed by atoms with E-state index in [-0.39, 0.29) is 4.90 Å². The minimum atomic E-state index is -3.68. The monoisotopic (exact) mass is 376 g/mol. The van der Waals surface area contributed by atoms with Crippen LogP contribution in [0.1, 0.15) is 0 Å². The van der Waals surface area contributed by atoms with Crippen molar-refractivity contribution in [1.29, 1.82) is 0 Å². The number of ether oxygens (including phenoxy) is 1. The van der Waals surface area contributed by atoms with Gasteiger partial charge in [0.2, 0.25) is 10.0 Å². The number of thioether (sulfide) groups is 1. The lowest BCUT2D eigenvalue weighted by Crippen LogP contribution is -2.11. The smallest absolute Gasteiger partial charge is 0.238 e. The van der Waals surface area contributed by atoms with Crippen LogP contribution in [0.2, 0.25) is 0 Å². The van der Waals surface area contributed by atoms with Crippen LogP contribution in [-0.4, -0.2) is 35.5 Å². The van der Waals surface area contributed by atoms with Crippen molar-refractivity contribution in [3.63, 3.8) is 0 Å². The summed E-state index contributed by atoms with van der Waals surface area (Å²) in [5.41, 5.74) is 0.995. The molecule has 7 nitrogen and oxygen atoms in total. The van der Waals surface area contributed by atoms with Gasteiger partial charge < -0.3 is 4.74 Å². The van der Waals surface area contributed by atoms with Crippen molar-refractivity contribution in [2.75, 3.05) is 12.4 Å². The van der Waals surface area contributed by atoms with Gasteiger partial charge in [-0.25, -0.2) is 13.6 Å². The van der Waals surface area contributed by atoms with Gasteiger partial charge >= 0.3 is 0 Å². The highest BCUT2D eigenvalue weighted by molar-refractivity contribution is 7.99. The van der Waals surface area contributed by atoms with E-state index in [2.05, 4.69) is 10.2 Å². The van der Waals surface area contributed by atoms with Crippen molar-refractivity contribution in [3.05, 3.63) is 60.9 Å². The molecule has 1 aromatic heterocycles. The van der Waals surface area contributed by atoms with E-state index in [4.69, 9.17) is 9.88 Å². The largest absolute Gasteiger partial charge is 0.493 e. The maximum Gasteiger partial charge on any atom is 0.238 e. The molecule has 3 aromatic rings. The highest BCUT2D eigenvalue weighted by atomic mass is 32.2. The Bertz CT molecular complexity index is 926. The first-order valence-electron chi connectivity index (χ1n) is 7.38. The van der Waals surface area contributed by atoms with Gasteiger partial charge in [-0.3, -0.25) is 4.57 Å². The lowest BCUT2D eigenvalue weighted by molar-refractivity contribution is 0.343. The molecule has 2 aromatic carbocycles. The summed E-state index contributed by atoms with van der Waals surface area (Å²) in [6.07, 6.45) is 1.67. The molecule has 0 saturated carbocycles. The number of para-hydroxylation sites is 1. The molecule has 0 spiro atoms. The molecule has 0 atom stereocenters. The quantitative estimate of drug-likeness (QED) is 0.501. The third kappa shape index (κ3) is 4.59. The Labute approximate surface area is 149 Å². The van der Waals surface area contributed by atoms with Crippen LogP contribution < -0.4 is 9.88 Å². The second-order valence-electron chi connectivity index (χ2n) is 5.03. The lowest BCUT2D eigenvalue weighted by Gasteiger charge is -2.08. The summed E-state index contributed by atoms with van der Waals surface area (Å²) in [5, 5.41) is 13.9. The molecule has 0 saturated heterocycles. The third-order valence-electron chi connectivity index (χ3n) is 3.29. The average molecular weight is 376 g/mol. The van der Waals surface area contributed by atoms with E-state index in [0.717, 1.165) is 10.8 Å². The van der Waals surface area contributed by atoms with E-state index >= 15 is 0 Å². The van der Waals surface area contributed by atoms with E-state index in [1.807, 2.05) is 34.9 Å². The Balaban J connectivity index is 1.54. The first-order valence-corrected chi connectivity index (χ1v) is 9.91. The van der Waals surface area contributed by atoms with Crippen LogP contribution >= 0.6 is 11.8 Å². The van der Waals surface area contributed by atoms with Gasteiger partial charge in [-0.05, 0) is 36.4 Å². The lowest BCUT2D eigenvalue weighted by atomic mass is 10.3. The van der Waals surface area contributed by atoms with Crippen LogP contribution in [-0.2, 0) is 10.0 Å². The van der Waals surface area contributed by atoms with Crippen LogP contribution in [0.5, 0.6) is 5.75 Å². The number of nitrogens with two attached hydrogens (primary N) is 1. The molecule has 1 heterocycles. The maximum absolute atomic E-state index is 11.2. The summed E-state index contributed by atoms with van der Waals surface area (Å²) >= 11 is 1.52. The molecule has 9 heteroatoms. The van der Waals surface area contributed by atoms with Gasteiger partial charge in [0.15, 0.2) is 5.16 Å². The molecule has 0 aliphatic carbocycles. The Morgan fingerprint density at radius 1 is 1.08 bits per heavy atom. The normalized spacial score (nSPS) is 11.4. The SMILES string of the molecule is NS(=O)(=O)c1ccc(OCCSc2nncn2-c2ccccc2)cc1. The number of rotatable bonds is 7. The predicted molar refractivity (Wildman–Crippen MR) is 95.4 cm³/mol. The van der Waals surface area contributed by atoms with Gasteiger partial charge in [0, 0.05) is 11.4 Å². The molecule has 0 fully saturated rings. The van der Waals surface area contributed by atoms with Gasteiger partial charge in [0.25, 0.3) is 0 Å². The highest BCUT2D eigenvalue weighted by Gasteiger charge is 2.08. The fourth-order valence-electron chi connectivity index (χ4n) is 2.11. The zero-order valence-electron chi connectivity index (χ0n) is 13.1. The fourth-order valence-corrected chi connectivity index (χ4v) is 3.37. The summed E-state index contributed by atoms with van der Waals surface area (Å²) in [6, 6.07) is 15.8. The van der Waals surface area contributed by atoms with Gasteiger partial charge in [0.05, 0.1) is 11.5 Å². The summed E-state index contributed by atoms with van der Waals surface area (Å²) in [7, 11) is -3.68. The minimum Gasteiger partial charge on any atom is -0.493 e. The van der Waals surface area contributed by atoms with Crippen LogP contribution in [0.3, 0.4) is 0 Å². The number of primary sulfonamides is 1. The number of benzene rings is 2. The summed E-state index contributed by atoms with van der Waals surface area (Å²) in [6.45, 7) is 0.445. The zero-order chi connectivity index (χ0) is 17.7. The molecule has 130 valence electrons. The first-order chi connectivity index (χ1) is 12.0. The summed E-state index contributed by atoms with van der Waals surface area (Å²) < 4.78 is 29.9. The van der Waals surface area contributed by atoms with Gasteiger partial charge in [-0.1, -0.05) is 30.0 Å². The molecule has 0 aliphatic rings. The Morgan fingerprint density at radius 2 is 1.80 bits per heavy atom. The van der Waals surface area contributed by atoms with E-state index in [1.165, 1.54) is 23.9 Å². The second kappa shape index (κ2) is 7.68. The molecule has 3 rings (SSSR count). The van der Waals surface area contributed by atoms with E-state index in [9.17, 15) is 8.42 Å². The van der Waals surface area contributed by atoms with Crippen LogP contribution in [0.25, 0.3) is 5.69 Å². The van der Waals surface area contributed by atoms with E-state index < -0.39 is 10.0 Å². The minimum absolute atomic E-state index is 0.0604. The first kappa shape index (κ1) is 17.5. The van der Waals surface area contributed by atoms with Crippen molar-refractivity contribution in [1.82, 2.24) is 14.8 Å². The molecular weight excluding hydrogens is 360 g/mol. The molecule has 0 unspecified atom stereocenters. The summed E-state index contributed by atoms with van der Waals surface area (Å²) in [5.74, 6) is 1.25. The number of aromatic nitrogens is 3. The summed E-state index contributed by atoms with van der Waals surface area (Å²) in [4.78, 5) is 0.0604. The number of hydrogen-bond acceptors (Lipinski definition) is 6. The average Bonchev–Trinajstić information content (AvgIpc) is 3.08. The maximum atomic E-state index is 11.2. The van der Waals surface area contributed by atoms with Crippen LogP contribution in [0.4, 0.5) is 0 Å². The second-order valence-corrected chi connectivity index (χ2v) is 7.66. The van der Waals surface area contributed by atoms with Crippen LogP contribution in [0.15, 0.2) is 71.0 Å². The van der Waals surface area contributed by atoms with Crippen molar-refractivity contribution in [2.45, 2.75) is 10.1 Å². The number of sulfonamides is 1. The van der Waals surface area contributed by atoms with Crippen LogP contribution in [0, 0.1) is 0 Å². The Kier molecular flexibility index (Phi) is 5.37. The fraction of sp³-hybridized carbons (Fsp3) is 0.125. The molecular formula is C16H16N4O3S2. The van der Waals surface area contributed by atoms with Gasteiger partial charge in [0.1, 0.15) is 12.1 Å². The zero-order valence-corrected chi connectivity index (χ0v) is 14.8. The topological polar surface area (TPSA) is 100 Å². The van der Waals surface area contributed by atoms with Crippen molar-refractivity contribution >= 4 is 21.8 Å². The third-order valence-corrected chi connectivity index (χ3v) is 5.12. The van der Waals surface area contributed by atoms with Gasteiger partial charge in [-0.2, -0.15) is 0 Å². The highest BCUT2D eigenvalue weighted by Crippen LogP contribution is 2.20. The molecule has 0 bridgehead atoms. The molecule has 2 N–H and O–H groups in total. The van der Waals surface area contributed by atoms with Crippen molar-refractivity contribution in [3.8, 4) is 11.4 Å². The van der Waals surface area contributed by atoms with Crippen molar-refractivity contribution < 1.29 is 13.2 Å². The number of hydrogen-bond donors (Lipinski definition) is 1. The molecule has 0 amide bonds. The molecule has 0 radical (unpaired) electrons. The number of nitrogens with zero attached hydrogens (tertiary/aromatic N) is 3. The van der Waals surface area contributed by atoms with Crippen molar-refractivity contribution in [2.24, 2.45) is 5.14 Å².